The van der Waals surface area contributed by atoms with Gasteiger partial charge < -0.3 is 4.90 Å². The van der Waals surface area contributed by atoms with Gasteiger partial charge in [-0.3, -0.25) is 4.79 Å². The summed E-state index contributed by atoms with van der Waals surface area (Å²) in [4.78, 5) is 14.6. The number of ketones is 1. The molecule has 1 unspecified atom stereocenters. The molecule has 104 valence electrons. The Bertz CT molecular complexity index is 470. The summed E-state index contributed by atoms with van der Waals surface area (Å²) in [5.41, 5.74) is 0.550. The molecule has 1 aromatic rings. The monoisotopic (exact) mass is 263 g/mol. The van der Waals surface area contributed by atoms with E-state index in [1.165, 1.54) is 6.07 Å². The third kappa shape index (κ3) is 3.41. The molecule has 1 atom stereocenters. The number of nitrogens with zero attached hydrogens (tertiary/aromatic N) is 1. The van der Waals surface area contributed by atoms with Gasteiger partial charge in [-0.15, -0.1) is 0 Å². The van der Waals surface area contributed by atoms with Crippen LogP contribution in [0.3, 0.4) is 0 Å². The molecule has 0 amide bonds. The van der Waals surface area contributed by atoms with Gasteiger partial charge in [-0.1, -0.05) is 32.9 Å². The summed E-state index contributed by atoms with van der Waals surface area (Å²) in [6.45, 7) is 9.15. The minimum absolute atomic E-state index is 0.0946. The molecule has 0 saturated carbocycles. The van der Waals surface area contributed by atoms with Crippen LogP contribution in [0.2, 0.25) is 0 Å². The van der Waals surface area contributed by atoms with Crippen molar-refractivity contribution in [1.29, 1.82) is 0 Å². The number of hydrogen-bond acceptors (Lipinski definition) is 2. The molecule has 0 N–H and O–H groups in total. The molecule has 19 heavy (non-hydrogen) atoms. The Morgan fingerprint density at radius 3 is 2.68 bits per heavy atom. The van der Waals surface area contributed by atoms with Crippen LogP contribution in [0.1, 0.15) is 37.6 Å². The van der Waals surface area contributed by atoms with Gasteiger partial charge in [0, 0.05) is 19.0 Å². The zero-order valence-electron chi connectivity index (χ0n) is 11.9. The molecule has 2 nitrogen and oxygen atoms in total. The molecule has 0 radical (unpaired) electrons. The van der Waals surface area contributed by atoms with Crippen LogP contribution in [0.25, 0.3) is 0 Å². The topological polar surface area (TPSA) is 20.3 Å². The van der Waals surface area contributed by atoms with E-state index in [4.69, 9.17) is 0 Å². The quantitative estimate of drug-likeness (QED) is 0.776. The number of benzene rings is 1. The maximum absolute atomic E-state index is 13.6. The number of Topliss-reactive ketones (excluding diaryl/α,β-unsaturated/α-hetero) is 1. The average Bonchev–Trinajstić information content (AvgIpc) is 2.68. The van der Waals surface area contributed by atoms with Gasteiger partial charge in [0.1, 0.15) is 5.82 Å². The van der Waals surface area contributed by atoms with Gasteiger partial charge in [0.15, 0.2) is 5.78 Å². The molecule has 1 fully saturated rings. The predicted octanol–water partition coefficient (Wildman–Crippen LogP) is 3.38. The highest BCUT2D eigenvalue weighted by Crippen LogP contribution is 2.29. The molecule has 1 aromatic carbocycles. The number of halogens is 1. The molecule has 0 aliphatic carbocycles. The van der Waals surface area contributed by atoms with Crippen molar-refractivity contribution in [2.75, 3.05) is 19.6 Å². The molecule has 1 saturated heterocycles. The Morgan fingerprint density at radius 1 is 1.42 bits per heavy atom. The predicted molar refractivity (Wildman–Crippen MR) is 74.7 cm³/mol. The summed E-state index contributed by atoms with van der Waals surface area (Å²) in [6, 6.07) is 6.24. The van der Waals surface area contributed by atoms with Gasteiger partial charge in [0.25, 0.3) is 0 Å². The van der Waals surface area contributed by atoms with Gasteiger partial charge in [-0.25, -0.2) is 4.39 Å². The standard InChI is InChI=1S/C16H22FNO/c1-12(10-18-9-8-16(2,3)11-18)15(19)13-6-4-5-7-14(13)17/h4-7,12H,8-11H2,1-3H3. The first-order valence-electron chi connectivity index (χ1n) is 6.90. The number of carbonyl (C=O) groups excluding carboxylic acids is 1. The summed E-state index contributed by atoms with van der Waals surface area (Å²) in [7, 11) is 0. The van der Waals surface area contributed by atoms with E-state index in [0.717, 1.165) is 26.1 Å². The van der Waals surface area contributed by atoms with Crippen LogP contribution in [-0.2, 0) is 0 Å². The SMILES string of the molecule is CC(CN1CCC(C)(C)C1)C(=O)c1ccccc1F. The minimum Gasteiger partial charge on any atom is -0.302 e. The van der Waals surface area contributed by atoms with Crippen LogP contribution >= 0.6 is 0 Å². The fraction of sp³-hybridized carbons (Fsp3) is 0.562. The first-order chi connectivity index (χ1) is 8.89. The molecule has 0 bridgehead atoms. The zero-order valence-corrected chi connectivity index (χ0v) is 11.9. The van der Waals surface area contributed by atoms with Crippen molar-refractivity contribution in [3.05, 3.63) is 35.6 Å². The van der Waals surface area contributed by atoms with E-state index in [1.807, 2.05) is 6.92 Å². The summed E-state index contributed by atoms with van der Waals surface area (Å²) < 4.78 is 13.6. The van der Waals surface area contributed by atoms with Crippen molar-refractivity contribution >= 4 is 5.78 Å². The Morgan fingerprint density at radius 2 is 2.11 bits per heavy atom. The molecule has 0 spiro atoms. The second kappa shape index (κ2) is 5.41. The van der Waals surface area contributed by atoms with Gasteiger partial charge >= 0.3 is 0 Å². The third-order valence-electron chi connectivity index (χ3n) is 3.88. The maximum atomic E-state index is 13.6. The first kappa shape index (κ1) is 14.2. The highest BCUT2D eigenvalue weighted by Gasteiger charge is 2.31. The number of hydrogen-bond donors (Lipinski definition) is 0. The lowest BCUT2D eigenvalue weighted by atomic mass is 9.93. The van der Waals surface area contributed by atoms with Gasteiger partial charge in [0.05, 0.1) is 5.56 Å². The molecule has 2 rings (SSSR count). The first-order valence-corrected chi connectivity index (χ1v) is 6.90. The van der Waals surface area contributed by atoms with Crippen molar-refractivity contribution in [2.45, 2.75) is 27.2 Å². The van der Waals surface area contributed by atoms with Gasteiger partial charge in [0.2, 0.25) is 0 Å². The van der Waals surface area contributed by atoms with E-state index in [1.54, 1.807) is 18.2 Å². The third-order valence-corrected chi connectivity index (χ3v) is 3.88. The summed E-state index contributed by atoms with van der Waals surface area (Å²) in [5.74, 6) is -0.672. The van der Waals surface area contributed by atoms with E-state index in [9.17, 15) is 9.18 Å². The van der Waals surface area contributed by atoms with Crippen LogP contribution in [-0.4, -0.2) is 30.3 Å². The lowest BCUT2D eigenvalue weighted by Crippen LogP contribution is -2.31. The largest absolute Gasteiger partial charge is 0.302 e. The van der Waals surface area contributed by atoms with Crippen molar-refractivity contribution in [3.63, 3.8) is 0 Å². The van der Waals surface area contributed by atoms with Crippen molar-refractivity contribution in [2.24, 2.45) is 11.3 Å². The van der Waals surface area contributed by atoms with E-state index in [-0.39, 0.29) is 17.3 Å². The van der Waals surface area contributed by atoms with Crippen LogP contribution in [0.15, 0.2) is 24.3 Å². The summed E-state index contributed by atoms with van der Waals surface area (Å²) >= 11 is 0. The highest BCUT2D eigenvalue weighted by atomic mass is 19.1. The smallest absolute Gasteiger partial charge is 0.169 e. The summed E-state index contributed by atoms with van der Waals surface area (Å²) in [6.07, 6.45) is 1.16. The van der Waals surface area contributed by atoms with Crippen molar-refractivity contribution in [1.82, 2.24) is 4.90 Å². The van der Waals surface area contributed by atoms with E-state index >= 15 is 0 Å². The molecule has 1 heterocycles. The number of likely N-dealkylation sites (tertiary alicyclic amines) is 1. The van der Waals surface area contributed by atoms with Gasteiger partial charge in [-0.05, 0) is 30.5 Å². The molecule has 1 aliphatic rings. The normalized spacial score (nSPS) is 20.4. The molecular weight excluding hydrogens is 241 g/mol. The lowest BCUT2D eigenvalue weighted by molar-refractivity contribution is 0.0895. The van der Waals surface area contributed by atoms with E-state index < -0.39 is 5.82 Å². The fourth-order valence-electron chi connectivity index (χ4n) is 2.78. The zero-order chi connectivity index (χ0) is 14.0. The Balaban J connectivity index is 1.99. The lowest BCUT2D eigenvalue weighted by Gasteiger charge is -2.22. The van der Waals surface area contributed by atoms with E-state index in [0.29, 0.717) is 5.41 Å². The van der Waals surface area contributed by atoms with Crippen LogP contribution in [0.5, 0.6) is 0 Å². The molecular formula is C16H22FNO. The van der Waals surface area contributed by atoms with Crippen LogP contribution in [0.4, 0.5) is 4.39 Å². The second-order valence-electron chi connectivity index (χ2n) is 6.39. The van der Waals surface area contributed by atoms with Crippen molar-refractivity contribution in [3.8, 4) is 0 Å². The average molecular weight is 263 g/mol. The number of carbonyl (C=O) groups is 1. The minimum atomic E-state index is -0.416. The van der Waals surface area contributed by atoms with Crippen molar-refractivity contribution < 1.29 is 9.18 Å². The Hall–Kier alpha value is -1.22. The van der Waals surface area contributed by atoms with Crippen LogP contribution in [0, 0.1) is 17.2 Å². The Kier molecular flexibility index (Phi) is 4.04. The van der Waals surface area contributed by atoms with Crippen LogP contribution < -0.4 is 0 Å². The number of rotatable bonds is 4. The summed E-state index contributed by atoms with van der Waals surface area (Å²) in [5, 5.41) is 0. The molecule has 0 aromatic heterocycles. The highest BCUT2D eigenvalue weighted by molar-refractivity contribution is 5.98. The molecule has 1 aliphatic heterocycles. The Labute approximate surface area is 114 Å². The maximum Gasteiger partial charge on any atom is 0.169 e. The molecule has 3 heteroatoms. The van der Waals surface area contributed by atoms with E-state index in [2.05, 4.69) is 18.7 Å². The fourth-order valence-corrected chi connectivity index (χ4v) is 2.78. The van der Waals surface area contributed by atoms with Gasteiger partial charge in [-0.2, -0.15) is 0 Å². The second-order valence-corrected chi connectivity index (χ2v) is 6.39.